The Morgan fingerprint density at radius 1 is 1.37 bits per heavy atom. The lowest BCUT2D eigenvalue weighted by molar-refractivity contribution is -0.122. The lowest BCUT2D eigenvalue weighted by atomic mass is 9.73. The van der Waals surface area contributed by atoms with Crippen LogP contribution in [0.3, 0.4) is 0 Å². The normalized spacial score (nSPS) is 21.9. The molecule has 1 fully saturated rings. The maximum Gasteiger partial charge on any atom is 0.224 e. The first-order valence-electron chi connectivity index (χ1n) is 7.12. The third-order valence-corrected chi connectivity index (χ3v) is 4.25. The van der Waals surface area contributed by atoms with E-state index >= 15 is 0 Å². The van der Waals surface area contributed by atoms with Gasteiger partial charge in [0.1, 0.15) is 0 Å². The fourth-order valence-electron chi connectivity index (χ4n) is 2.88. The van der Waals surface area contributed by atoms with Crippen LogP contribution in [0.25, 0.3) is 0 Å². The Bertz CT molecular complexity index is 454. The van der Waals surface area contributed by atoms with Crippen LogP contribution < -0.4 is 11.1 Å². The molecule has 2 rings (SSSR count). The van der Waals surface area contributed by atoms with E-state index in [0.717, 1.165) is 12.0 Å². The number of benzene rings is 1. The van der Waals surface area contributed by atoms with E-state index < -0.39 is 0 Å². The van der Waals surface area contributed by atoms with Crippen molar-refractivity contribution < 1.29 is 4.79 Å². The van der Waals surface area contributed by atoms with Gasteiger partial charge in [0.05, 0.1) is 6.42 Å². The molecule has 0 aliphatic heterocycles. The van der Waals surface area contributed by atoms with Gasteiger partial charge in [-0.1, -0.05) is 44.9 Å². The standard InChI is InChI=1S/C16H24N2O/c1-16(2)10-6-5-9-14(16)18-15(19)11-12-7-3-4-8-13(12)17/h3-4,7-8,14H,5-6,9-11,17H2,1-2H3,(H,18,19). The molecule has 104 valence electrons. The van der Waals surface area contributed by atoms with Crippen LogP contribution >= 0.6 is 0 Å². The van der Waals surface area contributed by atoms with Crippen molar-refractivity contribution >= 4 is 11.6 Å². The monoisotopic (exact) mass is 260 g/mol. The number of anilines is 1. The fourth-order valence-corrected chi connectivity index (χ4v) is 2.88. The highest BCUT2D eigenvalue weighted by molar-refractivity contribution is 5.80. The van der Waals surface area contributed by atoms with E-state index in [1.54, 1.807) is 0 Å². The number of hydrogen-bond donors (Lipinski definition) is 2. The van der Waals surface area contributed by atoms with Crippen LogP contribution in [0.1, 0.15) is 45.1 Å². The predicted molar refractivity (Wildman–Crippen MR) is 78.7 cm³/mol. The van der Waals surface area contributed by atoms with E-state index in [2.05, 4.69) is 19.2 Å². The van der Waals surface area contributed by atoms with Crippen molar-refractivity contribution in [1.29, 1.82) is 0 Å². The minimum atomic E-state index is 0.0814. The van der Waals surface area contributed by atoms with Crippen molar-refractivity contribution in [3.63, 3.8) is 0 Å². The minimum absolute atomic E-state index is 0.0814. The Hall–Kier alpha value is -1.51. The van der Waals surface area contributed by atoms with Crippen molar-refractivity contribution in [3.8, 4) is 0 Å². The third kappa shape index (κ3) is 3.49. The van der Waals surface area contributed by atoms with Crippen molar-refractivity contribution in [3.05, 3.63) is 29.8 Å². The van der Waals surface area contributed by atoms with Crippen molar-refractivity contribution in [1.82, 2.24) is 5.32 Å². The van der Waals surface area contributed by atoms with Crippen LogP contribution in [0, 0.1) is 5.41 Å². The van der Waals surface area contributed by atoms with Gasteiger partial charge in [0.2, 0.25) is 5.91 Å². The molecule has 1 aromatic rings. The van der Waals surface area contributed by atoms with Crippen LogP contribution in [-0.4, -0.2) is 11.9 Å². The number of nitrogens with one attached hydrogen (secondary N) is 1. The zero-order valence-corrected chi connectivity index (χ0v) is 11.9. The van der Waals surface area contributed by atoms with Gasteiger partial charge >= 0.3 is 0 Å². The molecular weight excluding hydrogens is 236 g/mol. The second kappa shape index (κ2) is 5.64. The fraction of sp³-hybridized carbons (Fsp3) is 0.562. The van der Waals surface area contributed by atoms with Gasteiger partial charge in [-0.05, 0) is 29.9 Å². The molecule has 0 aromatic heterocycles. The Morgan fingerprint density at radius 3 is 2.79 bits per heavy atom. The Morgan fingerprint density at radius 2 is 2.11 bits per heavy atom. The number of carbonyl (C=O) groups is 1. The van der Waals surface area contributed by atoms with Crippen molar-refractivity contribution in [2.45, 2.75) is 52.0 Å². The summed E-state index contributed by atoms with van der Waals surface area (Å²) < 4.78 is 0. The molecule has 3 nitrogen and oxygen atoms in total. The summed E-state index contributed by atoms with van der Waals surface area (Å²) in [5.41, 5.74) is 7.69. The number of hydrogen-bond acceptors (Lipinski definition) is 2. The molecule has 1 atom stereocenters. The van der Waals surface area contributed by atoms with Gasteiger partial charge in [-0.2, -0.15) is 0 Å². The van der Waals surface area contributed by atoms with E-state index in [9.17, 15) is 4.79 Å². The van der Waals surface area contributed by atoms with Crippen LogP contribution in [0.4, 0.5) is 5.69 Å². The summed E-state index contributed by atoms with van der Waals surface area (Å²) in [7, 11) is 0. The Labute approximate surface area is 115 Å². The first-order valence-corrected chi connectivity index (χ1v) is 7.12. The minimum Gasteiger partial charge on any atom is -0.398 e. The van der Waals surface area contributed by atoms with Gasteiger partial charge in [-0.25, -0.2) is 0 Å². The quantitative estimate of drug-likeness (QED) is 0.821. The van der Waals surface area contributed by atoms with E-state index in [4.69, 9.17) is 5.73 Å². The highest BCUT2D eigenvalue weighted by atomic mass is 16.1. The molecule has 1 aliphatic carbocycles. The van der Waals surface area contributed by atoms with Gasteiger partial charge in [0, 0.05) is 11.7 Å². The van der Waals surface area contributed by atoms with Crippen LogP contribution in [0.15, 0.2) is 24.3 Å². The summed E-state index contributed by atoms with van der Waals surface area (Å²) in [5, 5.41) is 3.19. The number of carbonyl (C=O) groups excluding carboxylic acids is 1. The maximum atomic E-state index is 12.2. The second-order valence-corrected chi connectivity index (χ2v) is 6.23. The van der Waals surface area contributed by atoms with Gasteiger partial charge in [0.15, 0.2) is 0 Å². The number of nitrogens with two attached hydrogens (primary N) is 1. The molecular formula is C16H24N2O. The van der Waals surface area contributed by atoms with Crippen LogP contribution in [0.2, 0.25) is 0 Å². The number of amides is 1. The average molecular weight is 260 g/mol. The van der Waals surface area contributed by atoms with E-state index in [1.165, 1.54) is 19.3 Å². The second-order valence-electron chi connectivity index (χ2n) is 6.23. The molecule has 1 saturated carbocycles. The lowest BCUT2D eigenvalue weighted by Crippen LogP contribution is -2.47. The van der Waals surface area contributed by atoms with Crippen molar-refractivity contribution in [2.24, 2.45) is 5.41 Å². The van der Waals surface area contributed by atoms with Crippen molar-refractivity contribution in [2.75, 3.05) is 5.73 Å². The molecule has 19 heavy (non-hydrogen) atoms. The largest absolute Gasteiger partial charge is 0.398 e. The highest BCUT2D eigenvalue weighted by Gasteiger charge is 2.33. The predicted octanol–water partition coefficient (Wildman–Crippen LogP) is 2.90. The number of nitrogen functional groups attached to an aromatic ring is 1. The van der Waals surface area contributed by atoms with E-state index in [-0.39, 0.29) is 11.3 Å². The molecule has 0 radical (unpaired) electrons. The van der Waals surface area contributed by atoms with Crippen LogP contribution in [0.5, 0.6) is 0 Å². The first-order chi connectivity index (χ1) is 8.99. The first kappa shape index (κ1) is 13.9. The summed E-state index contributed by atoms with van der Waals surface area (Å²) >= 11 is 0. The lowest BCUT2D eigenvalue weighted by Gasteiger charge is -2.39. The van der Waals surface area contributed by atoms with Gasteiger partial charge in [-0.15, -0.1) is 0 Å². The molecule has 0 saturated heterocycles. The Kier molecular flexibility index (Phi) is 4.13. The number of para-hydroxylation sites is 1. The topological polar surface area (TPSA) is 55.1 Å². The molecule has 3 heteroatoms. The number of rotatable bonds is 3. The molecule has 3 N–H and O–H groups in total. The maximum absolute atomic E-state index is 12.2. The molecule has 1 unspecified atom stereocenters. The summed E-state index contributed by atoms with van der Waals surface area (Å²) in [5.74, 6) is 0.0814. The van der Waals surface area contributed by atoms with Gasteiger partial charge in [-0.3, -0.25) is 4.79 Å². The zero-order chi connectivity index (χ0) is 13.9. The highest BCUT2D eigenvalue weighted by Crippen LogP contribution is 2.35. The van der Waals surface area contributed by atoms with E-state index in [1.807, 2.05) is 24.3 Å². The summed E-state index contributed by atoms with van der Waals surface area (Å²) in [6, 6.07) is 7.86. The molecule has 1 aliphatic rings. The zero-order valence-electron chi connectivity index (χ0n) is 11.9. The molecule has 0 bridgehead atoms. The molecule has 0 heterocycles. The van der Waals surface area contributed by atoms with Crippen LogP contribution in [-0.2, 0) is 11.2 Å². The molecule has 1 aromatic carbocycles. The molecule has 0 spiro atoms. The third-order valence-electron chi connectivity index (χ3n) is 4.25. The van der Waals surface area contributed by atoms with Gasteiger partial charge < -0.3 is 11.1 Å². The summed E-state index contributed by atoms with van der Waals surface area (Å²) in [6.07, 6.45) is 5.13. The average Bonchev–Trinajstić information content (AvgIpc) is 2.35. The Balaban J connectivity index is 1.96. The summed E-state index contributed by atoms with van der Waals surface area (Å²) in [6.45, 7) is 4.49. The SMILES string of the molecule is CC1(C)CCCCC1NC(=O)Cc1ccccc1N. The molecule has 1 amide bonds. The van der Waals surface area contributed by atoms with E-state index in [0.29, 0.717) is 18.2 Å². The van der Waals surface area contributed by atoms with Gasteiger partial charge in [0.25, 0.3) is 0 Å². The summed E-state index contributed by atoms with van der Waals surface area (Å²) in [4.78, 5) is 12.2. The smallest absolute Gasteiger partial charge is 0.224 e.